The summed E-state index contributed by atoms with van der Waals surface area (Å²) in [6.07, 6.45) is 3.83. The summed E-state index contributed by atoms with van der Waals surface area (Å²) in [6, 6.07) is 14.6. The Balaban J connectivity index is 2.05. The second-order valence-corrected chi connectivity index (χ2v) is 4.19. The zero-order chi connectivity index (χ0) is 12.4. The molecule has 0 amide bonds. The van der Waals surface area contributed by atoms with Crippen LogP contribution in [0.25, 0.3) is 11.0 Å². The summed E-state index contributed by atoms with van der Waals surface area (Å²) in [5.74, 6) is 0. The lowest BCUT2D eigenvalue weighted by Gasteiger charge is -2.22. The molecular weight excluding hydrogens is 222 g/mol. The minimum Gasteiger partial charge on any atom is -0.346 e. The van der Waals surface area contributed by atoms with E-state index in [-0.39, 0.29) is 0 Å². The monoisotopic (exact) mass is 237 g/mol. The van der Waals surface area contributed by atoms with Crippen molar-refractivity contribution < 1.29 is 0 Å². The van der Waals surface area contributed by atoms with E-state index in [9.17, 15) is 0 Å². The van der Waals surface area contributed by atoms with Crippen LogP contribution in [-0.4, -0.2) is 16.5 Å². The summed E-state index contributed by atoms with van der Waals surface area (Å²) in [6.45, 7) is 3.07. The van der Waals surface area contributed by atoms with Crippen LogP contribution in [0.4, 0.5) is 11.4 Å². The highest BCUT2D eigenvalue weighted by molar-refractivity contribution is 5.80. The van der Waals surface area contributed by atoms with E-state index >= 15 is 0 Å². The van der Waals surface area contributed by atoms with Crippen molar-refractivity contribution in [1.29, 1.82) is 0 Å². The van der Waals surface area contributed by atoms with Gasteiger partial charge in [-0.1, -0.05) is 18.2 Å². The fourth-order valence-corrected chi connectivity index (χ4v) is 2.20. The van der Waals surface area contributed by atoms with Crippen molar-refractivity contribution in [2.45, 2.75) is 6.92 Å². The van der Waals surface area contributed by atoms with Gasteiger partial charge in [0.25, 0.3) is 0 Å². The van der Waals surface area contributed by atoms with Crippen LogP contribution in [0.1, 0.15) is 6.92 Å². The summed E-state index contributed by atoms with van der Waals surface area (Å²) >= 11 is 0. The zero-order valence-electron chi connectivity index (χ0n) is 10.3. The molecule has 90 valence electrons. The number of para-hydroxylation sites is 1. The summed E-state index contributed by atoms with van der Waals surface area (Å²) in [4.78, 5) is 9.80. The number of benzene rings is 1. The highest BCUT2D eigenvalue weighted by Crippen LogP contribution is 2.26. The van der Waals surface area contributed by atoms with Gasteiger partial charge < -0.3 is 9.88 Å². The average molecular weight is 237 g/mol. The Labute approximate surface area is 106 Å². The number of hydrogen-bond donors (Lipinski definition) is 1. The number of nitrogens with zero attached hydrogens (tertiary/aromatic N) is 2. The van der Waals surface area contributed by atoms with E-state index in [2.05, 4.69) is 52.1 Å². The molecule has 0 unspecified atom stereocenters. The van der Waals surface area contributed by atoms with E-state index < -0.39 is 0 Å². The number of aromatic amines is 1. The van der Waals surface area contributed by atoms with Gasteiger partial charge in [0.2, 0.25) is 0 Å². The third-order valence-electron chi connectivity index (χ3n) is 3.08. The highest BCUT2D eigenvalue weighted by Gasteiger charge is 2.08. The lowest BCUT2D eigenvalue weighted by Crippen LogP contribution is -2.15. The van der Waals surface area contributed by atoms with E-state index in [0.717, 1.165) is 23.3 Å². The Kier molecular flexibility index (Phi) is 2.73. The largest absolute Gasteiger partial charge is 0.346 e. The topological polar surface area (TPSA) is 31.9 Å². The first kappa shape index (κ1) is 10.8. The number of pyridine rings is 1. The molecule has 2 aromatic heterocycles. The van der Waals surface area contributed by atoms with Gasteiger partial charge in [-0.3, -0.25) is 0 Å². The van der Waals surface area contributed by atoms with Gasteiger partial charge in [0.1, 0.15) is 5.65 Å². The van der Waals surface area contributed by atoms with E-state index in [0.29, 0.717) is 0 Å². The number of H-pyrrole nitrogens is 1. The van der Waals surface area contributed by atoms with Crippen molar-refractivity contribution in [3.05, 3.63) is 54.9 Å². The Hall–Kier alpha value is -2.29. The Morgan fingerprint density at radius 1 is 1.11 bits per heavy atom. The Bertz CT molecular complexity index is 643. The van der Waals surface area contributed by atoms with Crippen molar-refractivity contribution in [2.24, 2.45) is 0 Å². The van der Waals surface area contributed by atoms with Crippen LogP contribution in [-0.2, 0) is 0 Å². The molecule has 3 rings (SSSR count). The average Bonchev–Trinajstić information content (AvgIpc) is 2.88. The number of rotatable bonds is 3. The summed E-state index contributed by atoms with van der Waals surface area (Å²) in [5.41, 5.74) is 3.25. The summed E-state index contributed by atoms with van der Waals surface area (Å²) < 4.78 is 0. The number of anilines is 2. The number of hydrogen-bond acceptors (Lipinski definition) is 2. The quantitative estimate of drug-likeness (QED) is 0.752. The molecule has 0 aliphatic carbocycles. The first-order valence-electron chi connectivity index (χ1n) is 6.14. The molecule has 0 atom stereocenters. The maximum absolute atomic E-state index is 4.44. The molecule has 0 bridgehead atoms. The van der Waals surface area contributed by atoms with Gasteiger partial charge in [-0.15, -0.1) is 0 Å². The molecular formula is C15H15N3. The van der Waals surface area contributed by atoms with Crippen LogP contribution in [0.5, 0.6) is 0 Å². The van der Waals surface area contributed by atoms with Crippen LogP contribution >= 0.6 is 0 Å². The van der Waals surface area contributed by atoms with E-state index in [1.807, 2.05) is 24.5 Å². The van der Waals surface area contributed by atoms with Crippen LogP contribution in [0.3, 0.4) is 0 Å². The lowest BCUT2D eigenvalue weighted by atomic mass is 10.2. The molecule has 0 spiro atoms. The normalized spacial score (nSPS) is 10.7. The molecule has 0 aliphatic heterocycles. The SMILES string of the molecule is CCN(c1ccccc1)c1cnc2[nH]ccc2c1. The van der Waals surface area contributed by atoms with Crippen LogP contribution in [0, 0.1) is 0 Å². The van der Waals surface area contributed by atoms with Gasteiger partial charge in [-0.2, -0.15) is 0 Å². The van der Waals surface area contributed by atoms with Gasteiger partial charge >= 0.3 is 0 Å². The second kappa shape index (κ2) is 4.53. The first-order chi connectivity index (χ1) is 8.88. The first-order valence-corrected chi connectivity index (χ1v) is 6.14. The van der Waals surface area contributed by atoms with Gasteiger partial charge in [0.15, 0.2) is 0 Å². The fraction of sp³-hybridized carbons (Fsp3) is 0.133. The van der Waals surface area contributed by atoms with E-state index in [4.69, 9.17) is 0 Å². The molecule has 18 heavy (non-hydrogen) atoms. The Morgan fingerprint density at radius 3 is 2.72 bits per heavy atom. The van der Waals surface area contributed by atoms with Crippen molar-refractivity contribution in [1.82, 2.24) is 9.97 Å². The van der Waals surface area contributed by atoms with Crippen LogP contribution in [0.2, 0.25) is 0 Å². The molecule has 0 fully saturated rings. The third kappa shape index (κ3) is 1.84. The minimum atomic E-state index is 0.918. The molecule has 3 heteroatoms. The molecule has 0 aliphatic rings. The van der Waals surface area contributed by atoms with Crippen molar-refractivity contribution in [2.75, 3.05) is 11.4 Å². The molecule has 2 heterocycles. The van der Waals surface area contributed by atoms with Gasteiger partial charge in [0.05, 0.1) is 11.9 Å². The highest BCUT2D eigenvalue weighted by atomic mass is 15.1. The molecule has 3 nitrogen and oxygen atoms in total. The van der Waals surface area contributed by atoms with Gasteiger partial charge in [-0.25, -0.2) is 4.98 Å². The lowest BCUT2D eigenvalue weighted by molar-refractivity contribution is 1.02. The molecule has 3 aromatic rings. The van der Waals surface area contributed by atoms with Crippen LogP contribution < -0.4 is 4.90 Å². The standard InChI is InChI=1S/C15H15N3/c1-2-18(13-6-4-3-5-7-13)14-10-12-8-9-16-15(12)17-11-14/h3-11H,2H2,1H3,(H,16,17). The van der Waals surface area contributed by atoms with Crippen molar-refractivity contribution in [3.8, 4) is 0 Å². The predicted octanol–water partition coefficient (Wildman–Crippen LogP) is 3.72. The summed E-state index contributed by atoms with van der Waals surface area (Å²) in [5, 5.41) is 1.14. The van der Waals surface area contributed by atoms with E-state index in [1.54, 1.807) is 0 Å². The van der Waals surface area contributed by atoms with Gasteiger partial charge in [0, 0.05) is 23.8 Å². The maximum atomic E-state index is 4.44. The molecule has 1 N–H and O–H groups in total. The number of nitrogens with one attached hydrogen (secondary N) is 1. The van der Waals surface area contributed by atoms with Crippen LogP contribution in [0.15, 0.2) is 54.9 Å². The molecule has 0 radical (unpaired) electrons. The molecule has 0 saturated heterocycles. The Morgan fingerprint density at radius 2 is 1.94 bits per heavy atom. The second-order valence-electron chi connectivity index (χ2n) is 4.19. The van der Waals surface area contributed by atoms with Gasteiger partial charge in [-0.05, 0) is 31.2 Å². The number of fused-ring (bicyclic) bond motifs is 1. The maximum Gasteiger partial charge on any atom is 0.137 e. The predicted molar refractivity (Wildman–Crippen MR) is 75.2 cm³/mol. The molecule has 0 saturated carbocycles. The van der Waals surface area contributed by atoms with Crippen molar-refractivity contribution >= 4 is 22.4 Å². The third-order valence-corrected chi connectivity index (χ3v) is 3.08. The molecule has 1 aromatic carbocycles. The van der Waals surface area contributed by atoms with E-state index in [1.165, 1.54) is 5.69 Å². The smallest absolute Gasteiger partial charge is 0.137 e. The fourth-order valence-electron chi connectivity index (χ4n) is 2.20. The summed E-state index contributed by atoms with van der Waals surface area (Å²) in [7, 11) is 0. The number of aromatic nitrogens is 2. The minimum absolute atomic E-state index is 0.918. The van der Waals surface area contributed by atoms with Crippen molar-refractivity contribution in [3.63, 3.8) is 0 Å². The zero-order valence-corrected chi connectivity index (χ0v) is 10.3.